The fraction of sp³-hybridized carbons (Fsp3) is 0.409. The van der Waals surface area contributed by atoms with Crippen LogP contribution in [0.3, 0.4) is 0 Å². The first-order valence-electron chi connectivity index (χ1n) is 10.8. The standard InChI is InChI=1S/C22H27FN8O/c1-3-24-22(32)30-21-19(23)18(27-13-28-21)12-31-10-6-15(7-11-31)16-4-5-17(29-14(16)2)20-25-8-9-26-20/h4-5,8-9,13,15H,3,6-7,10-12H2,1-2H3,(H,25,26)(H2,24,27,28,30,32). The predicted octanol–water partition coefficient (Wildman–Crippen LogP) is 3.23. The number of amides is 2. The van der Waals surface area contributed by atoms with Crippen molar-refractivity contribution >= 4 is 11.8 Å². The van der Waals surface area contributed by atoms with Crippen molar-refractivity contribution in [1.29, 1.82) is 0 Å². The van der Waals surface area contributed by atoms with Gasteiger partial charge in [-0.15, -0.1) is 0 Å². The number of aromatic amines is 1. The Hall–Kier alpha value is -3.40. The summed E-state index contributed by atoms with van der Waals surface area (Å²) in [7, 11) is 0. The maximum absolute atomic E-state index is 14.8. The third kappa shape index (κ3) is 4.91. The van der Waals surface area contributed by atoms with Gasteiger partial charge in [0.1, 0.15) is 12.0 Å². The summed E-state index contributed by atoms with van der Waals surface area (Å²) in [6, 6.07) is 3.66. The second-order valence-corrected chi connectivity index (χ2v) is 7.83. The van der Waals surface area contributed by atoms with Crippen molar-refractivity contribution in [3.63, 3.8) is 0 Å². The molecule has 4 rings (SSSR count). The van der Waals surface area contributed by atoms with E-state index in [9.17, 15) is 9.18 Å². The normalized spacial score (nSPS) is 15.0. The summed E-state index contributed by atoms with van der Waals surface area (Å²) >= 11 is 0. The van der Waals surface area contributed by atoms with Crippen LogP contribution in [0.1, 0.15) is 42.6 Å². The summed E-state index contributed by atoms with van der Waals surface area (Å²) in [6.07, 6.45) is 6.70. The lowest BCUT2D eigenvalue weighted by molar-refractivity contribution is 0.199. The van der Waals surface area contributed by atoms with E-state index in [0.29, 0.717) is 19.0 Å². The lowest BCUT2D eigenvalue weighted by atomic mass is 9.88. The van der Waals surface area contributed by atoms with Crippen LogP contribution >= 0.6 is 0 Å². The van der Waals surface area contributed by atoms with Crippen LogP contribution < -0.4 is 10.6 Å². The van der Waals surface area contributed by atoms with Gasteiger partial charge in [0.2, 0.25) is 0 Å². The van der Waals surface area contributed by atoms with Crippen LogP contribution in [0.15, 0.2) is 30.9 Å². The van der Waals surface area contributed by atoms with Crippen molar-refractivity contribution in [1.82, 2.24) is 35.1 Å². The predicted molar refractivity (Wildman–Crippen MR) is 118 cm³/mol. The van der Waals surface area contributed by atoms with Gasteiger partial charge < -0.3 is 10.3 Å². The van der Waals surface area contributed by atoms with E-state index in [0.717, 1.165) is 43.1 Å². The largest absolute Gasteiger partial charge is 0.343 e. The Bertz CT molecular complexity index is 1060. The van der Waals surface area contributed by atoms with Crippen molar-refractivity contribution in [2.24, 2.45) is 0 Å². The summed E-state index contributed by atoms with van der Waals surface area (Å²) in [4.78, 5) is 33.9. The number of carbonyl (C=O) groups is 1. The first-order valence-corrected chi connectivity index (χ1v) is 10.8. The third-order valence-corrected chi connectivity index (χ3v) is 5.70. The van der Waals surface area contributed by atoms with E-state index in [2.05, 4.69) is 41.5 Å². The van der Waals surface area contributed by atoms with Gasteiger partial charge in [0.25, 0.3) is 0 Å². The Labute approximate surface area is 185 Å². The molecule has 1 aliphatic heterocycles. The van der Waals surface area contributed by atoms with E-state index in [1.54, 1.807) is 19.3 Å². The monoisotopic (exact) mass is 438 g/mol. The van der Waals surface area contributed by atoms with Crippen LogP contribution in [0.2, 0.25) is 0 Å². The molecule has 0 aromatic carbocycles. The summed E-state index contributed by atoms with van der Waals surface area (Å²) in [5, 5.41) is 4.99. The van der Waals surface area contributed by atoms with E-state index in [1.165, 1.54) is 11.9 Å². The first-order chi connectivity index (χ1) is 15.5. The van der Waals surface area contributed by atoms with Crippen molar-refractivity contribution in [2.45, 2.75) is 39.2 Å². The molecule has 0 saturated carbocycles. The number of likely N-dealkylation sites (tertiary alicyclic amines) is 1. The van der Waals surface area contributed by atoms with E-state index >= 15 is 0 Å². The van der Waals surface area contributed by atoms with Gasteiger partial charge in [0, 0.05) is 31.2 Å². The molecule has 1 saturated heterocycles. The number of anilines is 1. The summed E-state index contributed by atoms with van der Waals surface area (Å²) in [5.74, 6) is 0.487. The minimum atomic E-state index is -0.588. The van der Waals surface area contributed by atoms with Crippen LogP contribution in [0.25, 0.3) is 11.5 Å². The number of nitrogens with one attached hydrogen (secondary N) is 3. The van der Waals surface area contributed by atoms with E-state index < -0.39 is 11.8 Å². The Balaban J connectivity index is 1.37. The third-order valence-electron chi connectivity index (χ3n) is 5.70. The van der Waals surface area contributed by atoms with Gasteiger partial charge in [0.15, 0.2) is 17.5 Å². The number of hydrogen-bond donors (Lipinski definition) is 3. The fourth-order valence-corrected chi connectivity index (χ4v) is 4.07. The molecule has 9 nitrogen and oxygen atoms in total. The molecule has 0 spiro atoms. The Morgan fingerprint density at radius 2 is 2.06 bits per heavy atom. The Kier molecular flexibility index (Phi) is 6.69. The van der Waals surface area contributed by atoms with Gasteiger partial charge in [-0.05, 0) is 57.3 Å². The quantitative estimate of drug-likeness (QED) is 0.545. The number of carbonyl (C=O) groups excluding carboxylic acids is 1. The van der Waals surface area contributed by atoms with Gasteiger partial charge in [-0.25, -0.2) is 29.1 Å². The number of rotatable bonds is 6. The summed E-state index contributed by atoms with van der Waals surface area (Å²) in [5.41, 5.74) is 3.39. The molecule has 4 heterocycles. The van der Waals surface area contributed by atoms with E-state index in [1.807, 2.05) is 13.0 Å². The Morgan fingerprint density at radius 3 is 2.75 bits per heavy atom. The maximum atomic E-state index is 14.8. The highest BCUT2D eigenvalue weighted by Gasteiger charge is 2.24. The minimum absolute atomic E-state index is 0.103. The van der Waals surface area contributed by atoms with Gasteiger partial charge in [-0.1, -0.05) is 6.07 Å². The number of imidazole rings is 1. The number of aryl methyl sites for hydroxylation is 1. The molecule has 3 aromatic heterocycles. The highest BCUT2D eigenvalue weighted by molar-refractivity contribution is 5.88. The molecule has 0 atom stereocenters. The van der Waals surface area contributed by atoms with Crippen LogP contribution in [0.4, 0.5) is 15.0 Å². The molecule has 0 unspecified atom stereocenters. The number of hydrogen-bond acceptors (Lipinski definition) is 6. The van der Waals surface area contributed by atoms with Gasteiger partial charge in [0.05, 0.1) is 5.69 Å². The lowest BCUT2D eigenvalue weighted by Gasteiger charge is -2.32. The molecular formula is C22H27FN8O. The number of H-pyrrole nitrogens is 1. The van der Waals surface area contributed by atoms with Crippen molar-refractivity contribution in [3.05, 3.63) is 53.6 Å². The number of aromatic nitrogens is 5. The van der Waals surface area contributed by atoms with E-state index in [-0.39, 0.29) is 11.5 Å². The zero-order valence-electron chi connectivity index (χ0n) is 18.2. The number of pyridine rings is 1. The van der Waals surface area contributed by atoms with Gasteiger partial charge in [-0.3, -0.25) is 10.2 Å². The molecular weight excluding hydrogens is 411 g/mol. The second kappa shape index (κ2) is 9.82. The smallest absolute Gasteiger partial charge is 0.320 e. The second-order valence-electron chi connectivity index (χ2n) is 7.83. The molecule has 3 aromatic rings. The van der Waals surface area contributed by atoms with Gasteiger partial charge in [-0.2, -0.15) is 0 Å². The zero-order chi connectivity index (χ0) is 22.5. The lowest BCUT2D eigenvalue weighted by Crippen LogP contribution is -2.33. The maximum Gasteiger partial charge on any atom is 0.320 e. The molecule has 32 heavy (non-hydrogen) atoms. The van der Waals surface area contributed by atoms with E-state index in [4.69, 9.17) is 4.98 Å². The number of halogens is 1. The zero-order valence-corrected chi connectivity index (χ0v) is 18.2. The number of nitrogens with zero attached hydrogens (tertiary/aromatic N) is 5. The van der Waals surface area contributed by atoms with Gasteiger partial charge >= 0.3 is 6.03 Å². The molecule has 0 radical (unpaired) electrons. The van der Waals surface area contributed by atoms with Crippen molar-refractivity contribution in [3.8, 4) is 11.5 Å². The molecule has 1 aliphatic rings. The van der Waals surface area contributed by atoms with Crippen molar-refractivity contribution < 1.29 is 9.18 Å². The van der Waals surface area contributed by atoms with Crippen LogP contribution in [-0.2, 0) is 6.54 Å². The molecule has 0 bridgehead atoms. The molecule has 2 amide bonds. The average molecular weight is 439 g/mol. The highest BCUT2D eigenvalue weighted by Crippen LogP contribution is 2.31. The summed E-state index contributed by atoms with van der Waals surface area (Å²) < 4.78 is 14.8. The van der Waals surface area contributed by atoms with Crippen LogP contribution in [0, 0.1) is 12.7 Å². The Morgan fingerprint density at radius 1 is 1.25 bits per heavy atom. The number of piperidine rings is 1. The highest BCUT2D eigenvalue weighted by atomic mass is 19.1. The van der Waals surface area contributed by atoms with Crippen molar-refractivity contribution in [2.75, 3.05) is 25.0 Å². The summed E-state index contributed by atoms with van der Waals surface area (Å²) in [6.45, 7) is 6.30. The molecule has 168 valence electrons. The molecule has 3 N–H and O–H groups in total. The SMILES string of the molecule is CCNC(=O)Nc1ncnc(CN2CCC(c3ccc(-c4ncc[nH]4)nc3C)CC2)c1F. The minimum Gasteiger partial charge on any atom is -0.343 e. The average Bonchev–Trinajstić information content (AvgIpc) is 3.32. The molecule has 1 fully saturated rings. The van der Waals surface area contributed by atoms with Crippen LogP contribution in [-0.4, -0.2) is 55.5 Å². The molecule has 0 aliphatic carbocycles. The number of urea groups is 1. The first kappa shape index (κ1) is 21.8. The van der Waals surface area contributed by atoms with Crippen LogP contribution in [0.5, 0.6) is 0 Å². The molecule has 10 heteroatoms. The fourth-order valence-electron chi connectivity index (χ4n) is 4.07. The topological polar surface area (TPSA) is 112 Å².